The molecule has 2 aliphatic rings. The predicted octanol–water partition coefficient (Wildman–Crippen LogP) is 3.53. The van der Waals surface area contributed by atoms with Crippen LogP contribution in [0.3, 0.4) is 0 Å². The molecule has 2 aliphatic heterocycles. The smallest absolute Gasteiger partial charge is 0.311 e. The van der Waals surface area contributed by atoms with E-state index in [1.54, 1.807) is 47.4 Å². The molecule has 33 heavy (non-hydrogen) atoms. The largest absolute Gasteiger partial charge is 0.486 e. The Morgan fingerprint density at radius 1 is 1.09 bits per heavy atom. The highest BCUT2D eigenvalue weighted by Crippen LogP contribution is 2.32. The number of likely N-dealkylation sites (tertiary alicyclic amines) is 1. The summed E-state index contributed by atoms with van der Waals surface area (Å²) in [5.41, 5.74) is 1.03. The van der Waals surface area contributed by atoms with Crippen LogP contribution < -0.4 is 14.8 Å². The summed E-state index contributed by atoms with van der Waals surface area (Å²) in [7, 11) is 0. The topological polar surface area (TPSA) is 94.2 Å². The highest BCUT2D eigenvalue weighted by molar-refractivity contribution is 6.30. The van der Waals surface area contributed by atoms with Gasteiger partial charge in [0.15, 0.2) is 17.6 Å². The molecule has 0 saturated carbocycles. The van der Waals surface area contributed by atoms with Crippen molar-refractivity contribution in [3.63, 3.8) is 0 Å². The van der Waals surface area contributed by atoms with Crippen LogP contribution in [0.2, 0.25) is 5.02 Å². The van der Waals surface area contributed by atoms with Gasteiger partial charge in [-0.3, -0.25) is 14.4 Å². The van der Waals surface area contributed by atoms with E-state index in [2.05, 4.69) is 5.32 Å². The number of esters is 1. The molecule has 1 saturated heterocycles. The maximum atomic E-state index is 12.8. The normalized spacial score (nSPS) is 18.2. The second-order valence-electron chi connectivity index (χ2n) is 8.02. The molecule has 174 valence electrons. The molecule has 2 atom stereocenters. The van der Waals surface area contributed by atoms with E-state index in [1.165, 1.54) is 6.92 Å². The Kier molecular flexibility index (Phi) is 7.03. The van der Waals surface area contributed by atoms with Gasteiger partial charge in [-0.05, 0) is 56.2 Å². The quantitative estimate of drug-likeness (QED) is 0.669. The zero-order valence-electron chi connectivity index (χ0n) is 18.2. The second-order valence-corrected chi connectivity index (χ2v) is 8.46. The maximum absolute atomic E-state index is 12.8. The van der Waals surface area contributed by atoms with Crippen LogP contribution in [-0.4, -0.2) is 55.1 Å². The molecule has 0 aromatic heterocycles. The standard InChI is InChI=1S/C24H25ClN2O6/c1-15(22(28)26-19-8-9-20-21(13-19)32-12-11-31-20)33-24(30)17-3-2-10-27(14-17)23(29)16-4-6-18(25)7-5-16/h4-9,13,15,17H,2-3,10-12,14H2,1H3,(H,26,28)/t15-,17+/m1/s1. The number of fused-ring (bicyclic) bond motifs is 1. The molecule has 1 fully saturated rings. The monoisotopic (exact) mass is 472 g/mol. The summed E-state index contributed by atoms with van der Waals surface area (Å²) in [5.74, 6) is -0.420. The van der Waals surface area contributed by atoms with Gasteiger partial charge in [-0.2, -0.15) is 0 Å². The minimum Gasteiger partial charge on any atom is -0.486 e. The Morgan fingerprint density at radius 2 is 1.82 bits per heavy atom. The zero-order valence-corrected chi connectivity index (χ0v) is 19.0. The number of nitrogens with one attached hydrogen (secondary N) is 1. The van der Waals surface area contributed by atoms with Crippen molar-refractivity contribution in [3.05, 3.63) is 53.1 Å². The number of hydrogen-bond donors (Lipinski definition) is 1. The van der Waals surface area contributed by atoms with Gasteiger partial charge in [0.2, 0.25) is 0 Å². The van der Waals surface area contributed by atoms with Gasteiger partial charge in [-0.1, -0.05) is 11.6 Å². The van der Waals surface area contributed by atoms with E-state index in [0.717, 1.165) is 0 Å². The van der Waals surface area contributed by atoms with Gasteiger partial charge in [0.05, 0.1) is 5.92 Å². The van der Waals surface area contributed by atoms with Crippen LogP contribution in [0.15, 0.2) is 42.5 Å². The molecule has 9 heteroatoms. The SMILES string of the molecule is C[C@@H](OC(=O)[C@H]1CCCN(C(=O)c2ccc(Cl)cc2)C1)C(=O)Nc1ccc2c(c1)OCCO2. The van der Waals surface area contributed by atoms with Crippen LogP contribution in [0.25, 0.3) is 0 Å². The average molecular weight is 473 g/mol. The first-order chi connectivity index (χ1) is 15.9. The van der Waals surface area contributed by atoms with Gasteiger partial charge < -0.3 is 24.4 Å². The fourth-order valence-electron chi connectivity index (χ4n) is 3.82. The Morgan fingerprint density at radius 3 is 2.58 bits per heavy atom. The van der Waals surface area contributed by atoms with Crippen molar-refractivity contribution in [3.8, 4) is 11.5 Å². The second kappa shape index (κ2) is 10.1. The van der Waals surface area contributed by atoms with Crippen LogP contribution in [0.1, 0.15) is 30.1 Å². The zero-order chi connectivity index (χ0) is 23.4. The van der Waals surface area contributed by atoms with Crippen LogP contribution in [0.5, 0.6) is 11.5 Å². The minimum absolute atomic E-state index is 0.159. The number of hydrogen-bond acceptors (Lipinski definition) is 6. The summed E-state index contributed by atoms with van der Waals surface area (Å²) in [6, 6.07) is 11.7. The third kappa shape index (κ3) is 5.57. The Hall–Kier alpha value is -3.26. The van der Waals surface area contributed by atoms with Crippen molar-refractivity contribution < 1.29 is 28.6 Å². The van der Waals surface area contributed by atoms with Crippen molar-refractivity contribution in [2.75, 3.05) is 31.6 Å². The molecule has 1 N–H and O–H groups in total. The lowest BCUT2D eigenvalue weighted by Crippen LogP contribution is -2.44. The van der Waals surface area contributed by atoms with Crippen molar-refractivity contribution in [1.82, 2.24) is 4.90 Å². The van der Waals surface area contributed by atoms with Crippen molar-refractivity contribution in [1.29, 1.82) is 0 Å². The van der Waals surface area contributed by atoms with E-state index in [9.17, 15) is 14.4 Å². The van der Waals surface area contributed by atoms with Crippen LogP contribution in [0, 0.1) is 5.92 Å². The van der Waals surface area contributed by atoms with Gasteiger partial charge in [-0.15, -0.1) is 0 Å². The maximum Gasteiger partial charge on any atom is 0.311 e. The summed E-state index contributed by atoms with van der Waals surface area (Å²) >= 11 is 5.89. The summed E-state index contributed by atoms with van der Waals surface area (Å²) in [4.78, 5) is 39.7. The summed E-state index contributed by atoms with van der Waals surface area (Å²) in [6.07, 6.45) is 0.282. The molecule has 0 aliphatic carbocycles. The molecule has 2 heterocycles. The summed E-state index contributed by atoms with van der Waals surface area (Å²) in [6.45, 7) is 3.25. The first-order valence-electron chi connectivity index (χ1n) is 10.9. The number of rotatable bonds is 5. The molecule has 2 aromatic carbocycles. The van der Waals surface area contributed by atoms with Gasteiger partial charge in [0.1, 0.15) is 13.2 Å². The number of amides is 2. The van der Waals surface area contributed by atoms with Gasteiger partial charge in [0.25, 0.3) is 11.8 Å². The number of carbonyl (C=O) groups excluding carboxylic acids is 3. The Balaban J connectivity index is 1.31. The molecule has 2 aromatic rings. The summed E-state index contributed by atoms with van der Waals surface area (Å²) in [5, 5.41) is 3.28. The number of nitrogens with zero attached hydrogens (tertiary/aromatic N) is 1. The van der Waals surface area contributed by atoms with Crippen LogP contribution in [-0.2, 0) is 14.3 Å². The molecule has 4 rings (SSSR count). The fourth-order valence-corrected chi connectivity index (χ4v) is 3.94. The number of ether oxygens (including phenoxy) is 3. The van der Waals surface area contributed by atoms with Crippen LogP contribution >= 0.6 is 11.6 Å². The van der Waals surface area contributed by atoms with E-state index in [0.29, 0.717) is 60.4 Å². The molecular weight excluding hydrogens is 448 g/mol. The molecule has 0 bridgehead atoms. The number of benzene rings is 2. The number of halogens is 1. The van der Waals surface area contributed by atoms with Crippen LogP contribution in [0.4, 0.5) is 5.69 Å². The van der Waals surface area contributed by atoms with E-state index in [4.69, 9.17) is 25.8 Å². The lowest BCUT2D eigenvalue weighted by molar-refractivity contribution is -0.158. The van der Waals surface area contributed by atoms with E-state index >= 15 is 0 Å². The third-order valence-electron chi connectivity index (χ3n) is 5.60. The molecular formula is C24H25ClN2O6. The Labute approximate surface area is 196 Å². The number of anilines is 1. The lowest BCUT2D eigenvalue weighted by atomic mass is 9.97. The Bertz CT molecular complexity index is 1040. The van der Waals surface area contributed by atoms with E-state index < -0.39 is 23.9 Å². The van der Waals surface area contributed by atoms with Crippen molar-refractivity contribution in [2.24, 2.45) is 5.92 Å². The van der Waals surface area contributed by atoms with E-state index in [-0.39, 0.29) is 12.5 Å². The van der Waals surface area contributed by atoms with E-state index in [1.807, 2.05) is 0 Å². The van der Waals surface area contributed by atoms with Gasteiger partial charge in [-0.25, -0.2) is 0 Å². The number of carbonyl (C=O) groups is 3. The molecule has 0 radical (unpaired) electrons. The minimum atomic E-state index is -0.993. The molecule has 8 nitrogen and oxygen atoms in total. The molecule has 0 spiro atoms. The average Bonchev–Trinajstić information content (AvgIpc) is 2.84. The first kappa shape index (κ1) is 22.9. The summed E-state index contributed by atoms with van der Waals surface area (Å²) < 4.78 is 16.4. The fraction of sp³-hybridized carbons (Fsp3) is 0.375. The third-order valence-corrected chi connectivity index (χ3v) is 5.86. The molecule has 0 unspecified atom stereocenters. The lowest BCUT2D eigenvalue weighted by Gasteiger charge is -2.32. The van der Waals surface area contributed by atoms with Crippen molar-refractivity contribution in [2.45, 2.75) is 25.9 Å². The van der Waals surface area contributed by atoms with Gasteiger partial charge in [0, 0.05) is 35.4 Å². The van der Waals surface area contributed by atoms with Gasteiger partial charge >= 0.3 is 5.97 Å². The highest BCUT2D eigenvalue weighted by Gasteiger charge is 2.32. The predicted molar refractivity (Wildman–Crippen MR) is 122 cm³/mol. The number of piperidine rings is 1. The van der Waals surface area contributed by atoms with Crippen molar-refractivity contribution >= 4 is 35.1 Å². The first-order valence-corrected chi connectivity index (χ1v) is 11.2. The molecule has 2 amide bonds. The highest BCUT2D eigenvalue weighted by atomic mass is 35.5.